The quantitative estimate of drug-likeness (QED) is 0.168. The van der Waals surface area contributed by atoms with Gasteiger partial charge in [0.2, 0.25) is 0 Å². The summed E-state index contributed by atoms with van der Waals surface area (Å²) in [7, 11) is 0. The maximum Gasteiger partial charge on any atom is 0.134 e. The van der Waals surface area contributed by atoms with Crippen LogP contribution in [0, 0.1) is 0 Å². The molecule has 1 unspecified atom stereocenters. The second-order valence-electron chi connectivity index (χ2n) is 16.8. The SMILES string of the molecule is CC1(C)c2ccccc2-c2ccc(C3=C4Oc5cc(N(c6ccc(-c7ccccc7)cc6)c6ccc(-c7ccccc7)cc6)ccc5C4Cc4oc5ccccc5c43)cc21. The molecule has 2 aliphatic carbocycles. The minimum absolute atomic E-state index is 0.0272. The highest BCUT2D eigenvalue weighted by atomic mass is 16.5. The molecule has 0 fully saturated rings. The number of ether oxygens (including phenoxy) is 1. The van der Waals surface area contributed by atoms with E-state index in [1.807, 2.05) is 0 Å². The molecule has 0 saturated carbocycles. The van der Waals surface area contributed by atoms with Crippen LogP contribution in [0.2, 0.25) is 0 Å². The predicted molar refractivity (Wildman–Crippen MR) is 245 cm³/mol. The minimum atomic E-state index is -0.126. The molecule has 2 heterocycles. The molecule has 9 aromatic rings. The highest BCUT2D eigenvalue weighted by Gasteiger charge is 2.42. The summed E-state index contributed by atoms with van der Waals surface area (Å²) in [6, 6.07) is 70.0. The van der Waals surface area contributed by atoms with E-state index in [1.165, 1.54) is 50.1 Å². The van der Waals surface area contributed by atoms with Crippen molar-refractivity contribution < 1.29 is 9.15 Å². The van der Waals surface area contributed by atoms with Crippen molar-refractivity contribution in [2.75, 3.05) is 4.90 Å². The Balaban J connectivity index is 0.990. The summed E-state index contributed by atoms with van der Waals surface area (Å²) in [5.41, 5.74) is 18.7. The van der Waals surface area contributed by atoms with Crippen molar-refractivity contribution in [3.63, 3.8) is 0 Å². The molecule has 0 spiro atoms. The fourth-order valence-electron chi connectivity index (χ4n) is 10.1. The van der Waals surface area contributed by atoms with Crippen LogP contribution in [0.5, 0.6) is 5.75 Å². The van der Waals surface area contributed by atoms with E-state index in [4.69, 9.17) is 9.15 Å². The zero-order valence-corrected chi connectivity index (χ0v) is 33.5. The van der Waals surface area contributed by atoms with Gasteiger partial charge in [0.15, 0.2) is 0 Å². The zero-order chi connectivity index (χ0) is 40.0. The van der Waals surface area contributed by atoms with Gasteiger partial charge < -0.3 is 14.1 Å². The number of furan rings is 1. The summed E-state index contributed by atoms with van der Waals surface area (Å²) >= 11 is 0. The van der Waals surface area contributed by atoms with Crippen LogP contribution in [0.25, 0.3) is 49.9 Å². The predicted octanol–water partition coefficient (Wildman–Crippen LogP) is 15.0. The summed E-state index contributed by atoms with van der Waals surface area (Å²) in [6.45, 7) is 4.70. The van der Waals surface area contributed by atoms with E-state index in [9.17, 15) is 0 Å². The number of para-hydroxylation sites is 1. The fourth-order valence-corrected chi connectivity index (χ4v) is 10.1. The van der Waals surface area contributed by atoms with Crippen molar-refractivity contribution in [3.8, 4) is 39.1 Å². The first-order chi connectivity index (χ1) is 29.5. The Morgan fingerprint density at radius 2 is 1.07 bits per heavy atom. The Bertz CT molecular complexity index is 3070. The number of nitrogens with zero attached hydrogens (tertiary/aromatic N) is 1. The standard InChI is InChI=1S/C57H41NO2/c1-57(2)49-19-11-9-17-44(49)45-31-25-40(33-50(45)57)54-55-47-18-10-12-20-51(47)59-53(55)35-48-46-32-30-43(34-52(46)60-56(48)54)58(41-26-21-38(22-27-41)36-13-5-3-6-14-36)42-28-23-39(24-29-42)37-15-7-4-8-16-37/h3-34,48H,35H2,1-2H3. The van der Waals surface area contributed by atoms with Crippen LogP contribution < -0.4 is 9.64 Å². The molecule has 3 aliphatic rings. The van der Waals surface area contributed by atoms with Crippen molar-refractivity contribution in [2.45, 2.75) is 31.6 Å². The molecule has 1 atom stereocenters. The maximum absolute atomic E-state index is 7.21. The molecule has 0 N–H and O–H groups in total. The second-order valence-corrected chi connectivity index (χ2v) is 16.8. The average molecular weight is 772 g/mol. The number of hydrogen-bond acceptors (Lipinski definition) is 3. The van der Waals surface area contributed by atoms with Gasteiger partial charge in [-0.3, -0.25) is 0 Å². The number of anilines is 3. The van der Waals surface area contributed by atoms with Crippen molar-refractivity contribution in [2.24, 2.45) is 0 Å². The van der Waals surface area contributed by atoms with Gasteiger partial charge in [-0.25, -0.2) is 0 Å². The van der Waals surface area contributed by atoms with Crippen LogP contribution in [0.1, 0.15) is 53.3 Å². The molecular weight excluding hydrogens is 731 g/mol. The summed E-state index contributed by atoms with van der Waals surface area (Å²) in [6.07, 6.45) is 0.739. The first kappa shape index (κ1) is 34.7. The van der Waals surface area contributed by atoms with E-state index >= 15 is 0 Å². The third-order valence-electron chi connectivity index (χ3n) is 13.1. The highest BCUT2D eigenvalue weighted by molar-refractivity contribution is 6.00. The molecule has 1 aromatic heterocycles. The molecule has 0 bridgehead atoms. The third-order valence-corrected chi connectivity index (χ3v) is 13.1. The van der Waals surface area contributed by atoms with Crippen molar-refractivity contribution >= 4 is 33.6 Å². The summed E-state index contributed by atoms with van der Waals surface area (Å²) in [5.74, 6) is 2.93. The Hall–Kier alpha value is -7.36. The fraction of sp³-hybridized carbons (Fsp3) is 0.0877. The second kappa shape index (κ2) is 13.3. The Labute approximate surface area is 350 Å². The Morgan fingerprint density at radius 3 is 1.77 bits per heavy atom. The molecule has 0 saturated heterocycles. The molecule has 3 nitrogen and oxygen atoms in total. The normalized spacial score (nSPS) is 15.5. The van der Waals surface area contributed by atoms with E-state index < -0.39 is 0 Å². The number of rotatable bonds is 6. The molecule has 0 radical (unpaired) electrons. The number of allylic oxidation sites excluding steroid dienone is 1. The van der Waals surface area contributed by atoms with Crippen LogP contribution in [-0.4, -0.2) is 0 Å². The Kier molecular flexibility index (Phi) is 7.71. The molecule has 8 aromatic carbocycles. The lowest BCUT2D eigenvalue weighted by Crippen LogP contribution is -2.16. The van der Waals surface area contributed by atoms with Gasteiger partial charge in [-0.1, -0.05) is 159 Å². The van der Waals surface area contributed by atoms with Crippen LogP contribution in [0.4, 0.5) is 17.1 Å². The molecule has 0 amide bonds. The third kappa shape index (κ3) is 5.36. The first-order valence-corrected chi connectivity index (χ1v) is 20.9. The van der Waals surface area contributed by atoms with Crippen LogP contribution >= 0.6 is 0 Å². The number of benzene rings is 8. The van der Waals surface area contributed by atoms with Crippen molar-refractivity contribution in [1.82, 2.24) is 0 Å². The van der Waals surface area contributed by atoms with E-state index in [0.717, 1.165) is 68.4 Å². The van der Waals surface area contributed by atoms with Crippen LogP contribution in [0.3, 0.4) is 0 Å². The van der Waals surface area contributed by atoms with Gasteiger partial charge in [-0.05, 0) is 92.5 Å². The molecule has 1 aliphatic heterocycles. The summed E-state index contributed by atoms with van der Waals surface area (Å²) < 4.78 is 13.9. The monoisotopic (exact) mass is 771 g/mol. The van der Waals surface area contributed by atoms with E-state index in [0.29, 0.717) is 0 Å². The van der Waals surface area contributed by atoms with Gasteiger partial charge in [0.05, 0.1) is 5.92 Å². The van der Waals surface area contributed by atoms with Gasteiger partial charge >= 0.3 is 0 Å². The first-order valence-electron chi connectivity index (χ1n) is 20.9. The van der Waals surface area contributed by atoms with Crippen LogP contribution in [-0.2, 0) is 11.8 Å². The Morgan fingerprint density at radius 1 is 0.500 bits per heavy atom. The van der Waals surface area contributed by atoms with E-state index in [-0.39, 0.29) is 11.3 Å². The van der Waals surface area contributed by atoms with Crippen molar-refractivity contribution in [1.29, 1.82) is 0 Å². The molecule has 12 rings (SSSR count). The summed E-state index contributed by atoms with van der Waals surface area (Å²) in [4.78, 5) is 2.34. The lowest BCUT2D eigenvalue weighted by molar-refractivity contribution is 0.415. The smallest absolute Gasteiger partial charge is 0.134 e. The van der Waals surface area contributed by atoms with Gasteiger partial charge in [0.25, 0.3) is 0 Å². The summed E-state index contributed by atoms with van der Waals surface area (Å²) in [5, 5.41) is 1.13. The lowest BCUT2D eigenvalue weighted by atomic mass is 9.78. The van der Waals surface area contributed by atoms with Gasteiger partial charge in [-0.15, -0.1) is 0 Å². The van der Waals surface area contributed by atoms with Crippen molar-refractivity contribution in [3.05, 3.63) is 233 Å². The van der Waals surface area contributed by atoms with Gasteiger partial charge in [-0.2, -0.15) is 0 Å². The van der Waals surface area contributed by atoms with Gasteiger partial charge in [0, 0.05) is 57.1 Å². The number of fused-ring (bicyclic) bond motifs is 9. The largest absolute Gasteiger partial charge is 0.460 e. The van der Waals surface area contributed by atoms with E-state index in [2.05, 4.69) is 213 Å². The van der Waals surface area contributed by atoms with Gasteiger partial charge in [0.1, 0.15) is 22.9 Å². The zero-order valence-electron chi connectivity index (χ0n) is 33.5. The highest BCUT2D eigenvalue weighted by Crippen LogP contribution is 2.56. The minimum Gasteiger partial charge on any atom is -0.460 e. The van der Waals surface area contributed by atoms with Crippen LogP contribution in [0.15, 0.2) is 204 Å². The van der Waals surface area contributed by atoms with E-state index in [1.54, 1.807) is 0 Å². The topological polar surface area (TPSA) is 25.6 Å². The number of hydrogen-bond donors (Lipinski definition) is 0. The lowest BCUT2D eigenvalue weighted by Gasteiger charge is -2.26. The maximum atomic E-state index is 7.21. The molecular formula is C57H41NO2. The average Bonchev–Trinajstić information content (AvgIpc) is 3.93. The molecule has 286 valence electrons. The molecule has 3 heteroatoms. The molecule has 60 heavy (non-hydrogen) atoms.